The van der Waals surface area contributed by atoms with Crippen molar-refractivity contribution in [1.29, 1.82) is 5.26 Å². The SMILES string of the molecule is CSCCCOc1ccc(C#N)cc1Cl. The lowest BCUT2D eigenvalue weighted by Crippen LogP contribution is -1.99. The van der Waals surface area contributed by atoms with Crippen molar-refractivity contribution >= 4 is 23.4 Å². The molecule has 0 saturated heterocycles. The van der Waals surface area contributed by atoms with Gasteiger partial charge in [0.15, 0.2) is 0 Å². The molecule has 0 aliphatic rings. The highest BCUT2D eigenvalue weighted by Gasteiger charge is 2.02. The Balaban J connectivity index is 2.52. The molecule has 0 fully saturated rings. The first-order valence-corrected chi connectivity index (χ1v) is 6.36. The summed E-state index contributed by atoms with van der Waals surface area (Å²) in [5, 5.41) is 9.15. The zero-order valence-electron chi connectivity index (χ0n) is 8.50. The molecule has 80 valence electrons. The van der Waals surface area contributed by atoms with Crippen LogP contribution >= 0.6 is 23.4 Å². The van der Waals surface area contributed by atoms with Crippen LogP contribution in [0.5, 0.6) is 5.75 Å². The molecule has 2 nitrogen and oxygen atoms in total. The molecule has 0 saturated carbocycles. The number of rotatable bonds is 5. The van der Waals surface area contributed by atoms with E-state index in [0.29, 0.717) is 22.9 Å². The molecule has 15 heavy (non-hydrogen) atoms. The van der Waals surface area contributed by atoms with Gasteiger partial charge in [-0.25, -0.2) is 0 Å². The Morgan fingerprint density at radius 1 is 1.53 bits per heavy atom. The highest BCUT2D eigenvalue weighted by molar-refractivity contribution is 7.98. The van der Waals surface area contributed by atoms with Gasteiger partial charge in [0.05, 0.1) is 23.3 Å². The molecule has 1 rings (SSSR count). The summed E-state index contributed by atoms with van der Waals surface area (Å²) < 4.78 is 5.48. The van der Waals surface area contributed by atoms with Gasteiger partial charge in [-0.3, -0.25) is 0 Å². The Morgan fingerprint density at radius 3 is 2.93 bits per heavy atom. The van der Waals surface area contributed by atoms with Crippen LogP contribution < -0.4 is 4.74 Å². The van der Waals surface area contributed by atoms with Crippen molar-refractivity contribution < 1.29 is 4.74 Å². The van der Waals surface area contributed by atoms with Crippen LogP contribution in [0.4, 0.5) is 0 Å². The van der Waals surface area contributed by atoms with Crippen molar-refractivity contribution in [3.8, 4) is 11.8 Å². The molecule has 0 heterocycles. The van der Waals surface area contributed by atoms with Crippen molar-refractivity contribution in [2.24, 2.45) is 0 Å². The highest BCUT2D eigenvalue weighted by atomic mass is 35.5. The molecule has 0 amide bonds. The van der Waals surface area contributed by atoms with E-state index < -0.39 is 0 Å². The number of nitriles is 1. The smallest absolute Gasteiger partial charge is 0.137 e. The minimum Gasteiger partial charge on any atom is -0.492 e. The third-order valence-electron chi connectivity index (χ3n) is 1.81. The minimum atomic E-state index is 0.498. The van der Waals surface area contributed by atoms with E-state index in [1.54, 1.807) is 30.0 Å². The molecule has 0 aliphatic heterocycles. The van der Waals surface area contributed by atoms with Crippen LogP contribution in [0.15, 0.2) is 18.2 Å². The summed E-state index contributed by atoms with van der Waals surface area (Å²) in [5.41, 5.74) is 0.552. The van der Waals surface area contributed by atoms with E-state index in [9.17, 15) is 0 Å². The molecule has 0 bridgehead atoms. The summed E-state index contributed by atoms with van der Waals surface area (Å²) in [6, 6.07) is 7.08. The Hall–Kier alpha value is -0.850. The van der Waals surface area contributed by atoms with E-state index >= 15 is 0 Å². The fourth-order valence-corrected chi connectivity index (χ4v) is 1.71. The van der Waals surface area contributed by atoms with Gasteiger partial charge in [0.2, 0.25) is 0 Å². The number of thioether (sulfide) groups is 1. The zero-order valence-corrected chi connectivity index (χ0v) is 10.1. The molecular weight excluding hydrogens is 230 g/mol. The largest absolute Gasteiger partial charge is 0.492 e. The van der Waals surface area contributed by atoms with Crippen LogP contribution in [0.1, 0.15) is 12.0 Å². The second-order valence-corrected chi connectivity index (χ2v) is 4.34. The Labute approximate surface area is 99.2 Å². The van der Waals surface area contributed by atoms with Gasteiger partial charge in [-0.05, 0) is 36.6 Å². The third kappa shape index (κ3) is 4.03. The summed E-state index contributed by atoms with van der Waals surface area (Å²) in [4.78, 5) is 0. The van der Waals surface area contributed by atoms with Gasteiger partial charge < -0.3 is 4.74 Å². The number of hydrogen-bond donors (Lipinski definition) is 0. The second-order valence-electron chi connectivity index (χ2n) is 2.95. The van der Waals surface area contributed by atoms with E-state index in [4.69, 9.17) is 21.6 Å². The minimum absolute atomic E-state index is 0.498. The summed E-state index contributed by atoms with van der Waals surface area (Å²) in [5.74, 6) is 1.73. The molecule has 0 atom stereocenters. The molecule has 1 aromatic rings. The van der Waals surface area contributed by atoms with Crippen molar-refractivity contribution in [2.45, 2.75) is 6.42 Å². The van der Waals surface area contributed by atoms with E-state index in [1.165, 1.54) is 0 Å². The normalized spacial score (nSPS) is 9.67. The summed E-state index contributed by atoms with van der Waals surface area (Å²) in [6.07, 6.45) is 3.06. The molecular formula is C11H12ClNOS. The summed E-state index contributed by atoms with van der Waals surface area (Å²) in [7, 11) is 0. The van der Waals surface area contributed by atoms with Gasteiger partial charge in [-0.2, -0.15) is 17.0 Å². The molecule has 0 radical (unpaired) electrons. The van der Waals surface area contributed by atoms with Gasteiger partial charge in [-0.1, -0.05) is 11.6 Å². The first kappa shape index (κ1) is 12.2. The maximum Gasteiger partial charge on any atom is 0.137 e. The molecule has 0 spiro atoms. The predicted octanol–water partition coefficient (Wildman–Crippen LogP) is 3.34. The number of nitrogens with zero attached hydrogens (tertiary/aromatic N) is 1. The topological polar surface area (TPSA) is 33.0 Å². The average Bonchev–Trinajstić information content (AvgIpc) is 2.26. The van der Waals surface area contributed by atoms with Crippen molar-refractivity contribution in [1.82, 2.24) is 0 Å². The fourth-order valence-electron chi connectivity index (χ4n) is 1.07. The zero-order chi connectivity index (χ0) is 11.1. The lowest BCUT2D eigenvalue weighted by Gasteiger charge is -2.07. The van der Waals surface area contributed by atoms with Crippen molar-refractivity contribution in [3.05, 3.63) is 28.8 Å². The van der Waals surface area contributed by atoms with Crippen LogP contribution in [0.3, 0.4) is 0 Å². The predicted molar refractivity (Wildman–Crippen MR) is 64.7 cm³/mol. The summed E-state index contributed by atoms with van der Waals surface area (Å²) >= 11 is 7.73. The fraction of sp³-hybridized carbons (Fsp3) is 0.364. The van der Waals surface area contributed by atoms with Crippen molar-refractivity contribution in [3.63, 3.8) is 0 Å². The lowest BCUT2D eigenvalue weighted by atomic mass is 10.2. The third-order valence-corrected chi connectivity index (χ3v) is 2.80. The maximum absolute atomic E-state index is 8.65. The van der Waals surface area contributed by atoms with E-state index in [-0.39, 0.29) is 0 Å². The van der Waals surface area contributed by atoms with Gasteiger partial charge in [0.25, 0.3) is 0 Å². The van der Waals surface area contributed by atoms with Crippen molar-refractivity contribution in [2.75, 3.05) is 18.6 Å². The summed E-state index contributed by atoms with van der Waals surface area (Å²) in [6.45, 7) is 0.659. The quantitative estimate of drug-likeness (QED) is 0.742. The van der Waals surface area contributed by atoms with Crippen LogP contribution in [0.2, 0.25) is 5.02 Å². The maximum atomic E-state index is 8.65. The number of hydrogen-bond acceptors (Lipinski definition) is 3. The van der Waals surface area contributed by atoms with Crippen LogP contribution in [-0.4, -0.2) is 18.6 Å². The standard InChI is InChI=1S/C11H12ClNOS/c1-15-6-2-5-14-11-4-3-9(8-13)7-10(11)12/h3-4,7H,2,5-6H2,1H3. The number of halogens is 1. The Kier molecular flexibility index (Phi) is 5.38. The highest BCUT2D eigenvalue weighted by Crippen LogP contribution is 2.25. The lowest BCUT2D eigenvalue weighted by molar-refractivity contribution is 0.319. The number of benzene rings is 1. The molecule has 0 aromatic heterocycles. The van der Waals surface area contributed by atoms with Gasteiger partial charge in [0.1, 0.15) is 5.75 Å². The first-order chi connectivity index (χ1) is 7.27. The molecule has 4 heteroatoms. The van der Waals surface area contributed by atoms with E-state index in [0.717, 1.165) is 12.2 Å². The van der Waals surface area contributed by atoms with Gasteiger partial charge >= 0.3 is 0 Å². The van der Waals surface area contributed by atoms with Crippen LogP contribution in [0, 0.1) is 11.3 Å². The first-order valence-electron chi connectivity index (χ1n) is 4.59. The van der Waals surface area contributed by atoms with E-state index in [1.807, 2.05) is 6.07 Å². The molecule has 1 aromatic carbocycles. The molecule has 0 unspecified atom stereocenters. The Morgan fingerprint density at radius 2 is 2.33 bits per heavy atom. The average molecular weight is 242 g/mol. The van der Waals surface area contributed by atoms with Gasteiger partial charge in [-0.15, -0.1) is 0 Å². The molecule has 0 aliphatic carbocycles. The van der Waals surface area contributed by atoms with E-state index in [2.05, 4.69) is 6.26 Å². The number of ether oxygens (including phenoxy) is 1. The van der Waals surface area contributed by atoms with Crippen LogP contribution in [0.25, 0.3) is 0 Å². The van der Waals surface area contributed by atoms with Crippen LogP contribution in [-0.2, 0) is 0 Å². The van der Waals surface area contributed by atoms with Gasteiger partial charge in [0, 0.05) is 0 Å². The molecule has 0 N–H and O–H groups in total. The Bertz CT molecular complexity index is 362. The monoisotopic (exact) mass is 241 g/mol. The second kappa shape index (κ2) is 6.60.